The predicted molar refractivity (Wildman–Crippen MR) is 308 cm³/mol. The summed E-state index contributed by atoms with van der Waals surface area (Å²) >= 11 is 0. The predicted octanol–water partition coefficient (Wildman–Crippen LogP) is 20.2. The van der Waals surface area contributed by atoms with Crippen LogP contribution in [0.5, 0.6) is 0 Å². The normalized spacial score (nSPS) is 12.9. The molecular formula is C62H124NO8P. The minimum atomic E-state index is -4.37. The van der Waals surface area contributed by atoms with Crippen molar-refractivity contribution in [3.8, 4) is 0 Å². The molecule has 72 heavy (non-hydrogen) atoms. The molecule has 0 bridgehead atoms. The highest BCUT2D eigenvalue weighted by atomic mass is 31.2. The van der Waals surface area contributed by atoms with E-state index >= 15 is 0 Å². The van der Waals surface area contributed by atoms with Crippen molar-refractivity contribution >= 4 is 19.8 Å². The number of carbonyl (C=O) groups is 2. The number of unbranched alkanes of at least 4 members (excludes halogenated alkanes) is 49. The average molecular weight is 1040 g/mol. The maximum Gasteiger partial charge on any atom is 0.472 e. The van der Waals surface area contributed by atoms with Gasteiger partial charge in [0.15, 0.2) is 6.10 Å². The third kappa shape index (κ3) is 58.3. The number of nitrogens with two attached hydrogens (primary N) is 1. The van der Waals surface area contributed by atoms with Crippen LogP contribution < -0.4 is 5.73 Å². The van der Waals surface area contributed by atoms with E-state index in [9.17, 15) is 19.0 Å². The largest absolute Gasteiger partial charge is 0.472 e. The van der Waals surface area contributed by atoms with Gasteiger partial charge in [0.1, 0.15) is 6.61 Å². The molecule has 430 valence electrons. The van der Waals surface area contributed by atoms with Gasteiger partial charge in [0.2, 0.25) is 0 Å². The minimum Gasteiger partial charge on any atom is -0.462 e. The summed E-state index contributed by atoms with van der Waals surface area (Å²) in [4.78, 5) is 35.0. The van der Waals surface area contributed by atoms with Gasteiger partial charge in [-0.1, -0.05) is 328 Å². The van der Waals surface area contributed by atoms with Crippen molar-refractivity contribution in [3.05, 3.63) is 0 Å². The van der Waals surface area contributed by atoms with Gasteiger partial charge < -0.3 is 20.1 Å². The Hall–Kier alpha value is -0.990. The van der Waals surface area contributed by atoms with Crippen LogP contribution in [0.3, 0.4) is 0 Å². The number of ether oxygens (including phenoxy) is 2. The summed E-state index contributed by atoms with van der Waals surface area (Å²) < 4.78 is 33.0. The topological polar surface area (TPSA) is 134 Å². The summed E-state index contributed by atoms with van der Waals surface area (Å²) in [6.07, 6.45) is 68.0. The molecule has 0 aliphatic carbocycles. The van der Waals surface area contributed by atoms with Crippen LogP contribution in [-0.4, -0.2) is 49.3 Å². The molecule has 0 aromatic heterocycles. The third-order valence-corrected chi connectivity index (χ3v) is 15.7. The molecule has 0 fully saturated rings. The van der Waals surface area contributed by atoms with E-state index < -0.39 is 26.5 Å². The van der Waals surface area contributed by atoms with E-state index in [2.05, 4.69) is 13.8 Å². The second kappa shape index (κ2) is 59.3. The average Bonchev–Trinajstić information content (AvgIpc) is 3.37. The summed E-state index contributed by atoms with van der Waals surface area (Å²) in [7, 11) is -4.37. The van der Waals surface area contributed by atoms with Gasteiger partial charge >= 0.3 is 19.8 Å². The van der Waals surface area contributed by atoms with Crippen molar-refractivity contribution in [2.45, 2.75) is 360 Å². The van der Waals surface area contributed by atoms with Gasteiger partial charge in [-0.15, -0.1) is 0 Å². The Kier molecular flexibility index (Phi) is 58.4. The molecule has 0 amide bonds. The van der Waals surface area contributed by atoms with Crippen molar-refractivity contribution in [2.75, 3.05) is 26.4 Å². The molecule has 0 spiro atoms. The van der Waals surface area contributed by atoms with Crippen LogP contribution >= 0.6 is 7.82 Å². The zero-order valence-corrected chi connectivity index (χ0v) is 49.1. The highest BCUT2D eigenvalue weighted by molar-refractivity contribution is 7.47. The molecule has 0 saturated carbocycles. The highest BCUT2D eigenvalue weighted by Crippen LogP contribution is 2.43. The number of hydrogen-bond acceptors (Lipinski definition) is 8. The first kappa shape index (κ1) is 71.0. The van der Waals surface area contributed by atoms with Crippen LogP contribution in [0.25, 0.3) is 0 Å². The number of carbonyl (C=O) groups excluding carboxylic acids is 2. The lowest BCUT2D eigenvalue weighted by Crippen LogP contribution is -2.29. The van der Waals surface area contributed by atoms with Gasteiger partial charge in [0, 0.05) is 19.4 Å². The molecule has 0 radical (unpaired) electrons. The lowest BCUT2D eigenvalue weighted by atomic mass is 10.0. The van der Waals surface area contributed by atoms with Crippen LogP contribution in [0.2, 0.25) is 0 Å². The van der Waals surface area contributed by atoms with Gasteiger partial charge in [0.05, 0.1) is 13.2 Å². The maximum atomic E-state index is 12.7. The molecule has 0 heterocycles. The first-order chi connectivity index (χ1) is 35.3. The molecule has 2 atom stereocenters. The molecule has 0 rings (SSSR count). The monoisotopic (exact) mass is 1040 g/mol. The van der Waals surface area contributed by atoms with Crippen LogP contribution in [0, 0.1) is 0 Å². The smallest absolute Gasteiger partial charge is 0.462 e. The van der Waals surface area contributed by atoms with Crippen molar-refractivity contribution in [1.82, 2.24) is 0 Å². The molecule has 10 heteroatoms. The van der Waals surface area contributed by atoms with E-state index in [1.54, 1.807) is 0 Å². The van der Waals surface area contributed by atoms with Crippen LogP contribution in [-0.2, 0) is 32.7 Å². The Balaban J connectivity index is 3.64. The first-order valence-electron chi connectivity index (χ1n) is 32.0. The van der Waals surface area contributed by atoms with E-state index in [1.807, 2.05) is 0 Å². The zero-order chi connectivity index (χ0) is 52.4. The molecule has 0 saturated heterocycles. The number of phosphoric ester groups is 1. The highest BCUT2D eigenvalue weighted by Gasteiger charge is 2.26. The summed E-state index contributed by atoms with van der Waals surface area (Å²) in [6, 6.07) is 0. The Bertz CT molecular complexity index is 1140. The number of rotatable bonds is 62. The maximum absolute atomic E-state index is 12.7. The van der Waals surface area contributed by atoms with Gasteiger partial charge in [-0.25, -0.2) is 4.57 Å². The molecule has 2 unspecified atom stereocenters. The van der Waals surface area contributed by atoms with E-state index in [-0.39, 0.29) is 38.6 Å². The lowest BCUT2D eigenvalue weighted by Gasteiger charge is -2.19. The summed E-state index contributed by atoms with van der Waals surface area (Å²) in [6.45, 7) is 3.80. The van der Waals surface area contributed by atoms with Gasteiger partial charge in [-0.2, -0.15) is 0 Å². The minimum absolute atomic E-state index is 0.0583. The Morgan fingerprint density at radius 2 is 0.597 bits per heavy atom. The number of hydrogen-bond donors (Lipinski definition) is 2. The summed E-state index contributed by atoms with van der Waals surface area (Å²) in [5, 5.41) is 0. The SMILES string of the molecule is CCCCCCCCCCCCCCCCCCCCCCCCCCCCCCCCCCCCCCCCCCC(=O)OC(COC(=O)CCCCCCCCCCCCC)COP(=O)(O)OCCN. The lowest BCUT2D eigenvalue weighted by molar-refractivity contribution is -0.161. The molecule has 0 aliphatic rings. The van der Waals surface area contributed by atoms with Gasteiger partial charge in [0.25, 0.3) is 0 Å². The van der Waals surface area contributed by atoms with Gasteiger partial charge in [-0.05, 0) is 12.8 Å². The van der Waals surface area contributed by atoms with Crippen molar-refractivity contribution < 1.29 is 37.6 Å². The Morgan fingerprint density at radius 3 is 0.847 bits per heavy atom. The third-order valence-electron chi connectivity index (χ3n) is 14.7. The molecule has 3 N–H and O–H groups in total. The van der Waals surface area contributed by atoms with E-state index in [4.69, 9.17) is 24.3 Å². The standard InChI is InChI=1S/C62H124NO8P/c1-3-5-7-9-11-13-15-16-17-18-19-20-21-22-23-24-25-26-27-28-29-30-31-32-33-34-35-36-37-38-39-40-41-42-43-45-47-49-51-53-55-62(65)71-60(59-70-72(66,67)69-57-56-63)58-68-61(64)54-52-50-48-46-44-14-12-10-8-6-4-2/h60H,3-59,63H2,1-2H3,(H,66,67). The summed E-state index contributed by atoms with van der Waals surface area (Å²) in [5.41, 5.74) is 5.37. The van der Waals surface area contributed by atoms with E-state index in [0.29, 0.717) is 6.42 Å². The number of phosphoric acid groups is 1. The van der Waals surface area contributed by atoms with E-state index in [0.717, 1.165) is 32.1 Å². The summed E-state index contributed by atoms with van der Waals surface area (Å²) in [5.74, 6) is -0.807. The van der Waals surface area contributed by atoms with Crippen LogP contribution in [0.4, 0.5) is 0 Å². The second-order valence-corrected chi connectivity index (χ2v) is 23.5. The fourth-order valence-electron chi connectivity index (χ4n) is 10.00. The van der Waals surface area contributed by atoms with Crippen molar-refractivity contribution in [1.29, 1.82) is 0 Å². The molecule has 0 aromatic rings. The van der Waals surface area contributed by atoms with Crippen LogP contribution in [0.15, 0.2) is 0 Å². The second-order valence-electron chi connectivity index (χ2n) is 22.0. The zero-order valence-electron chi connectivity index (χ0n) is 48.2. The van der Waals surface area contributed by atoms with Crippen molar-refractivity contribution in [3.63, 3.8) is 0 Å². The Morgan fingerprint density at radius 1 is 0.361 bits per heavy atom. The fraction of sp³-hybridized carbons (Fsp3) is 0.968. The quantitative estimate of drug-likeness (QED) is 0.0347. The van der Waals surface area contributed by atoms with E-state index in [1.165, 1.54) is 289 Å². The molecule has 0 aromatic carbocycles. The van der Waals surface area contributed by atoms with Crippen LogP contribution in [0.1, 0.15) is 354 Å². The fourth-order valence-corrected chi connectivity index (χ4v) is 10.8. The Labute approximate surface area is 447 Å². The molecular weight excluding hydrogens is 918 g/mol. The molecule has 0 aliphatic heterocycles. The first-order valence-corrected chi connectivity index (χ1v) is 33.5. The van der Waals surface area contributed by atoms with Crippen molar-refractivity contribution in [2.24, 2.45) is 5.73 Å². The molecule has 9 nitrogen and oxygen atoms in total. The van der Waals surface area contributed by atoms with Gasteiger partial charge in [-0.3, -0.25) is 18.6 Å². The number of esters is 2.